The molecule has 0 saturated carbocycles. The Hall–Kier alpha value is -2.32. The zero-order chi connectivity index (χ0) is 21.2. The molecule has 0 aliphatic carbocycles. The van der Waals surface area contributed by atoms with E-state index in [-0.39, 0.29) is 23.2 Å². The van der Waals surface area contributed by atoms with E-state index in [2.05, 4.69) is 4.98 Å². The van der Waals surface area contributed by atoms with Crippen LogP contribution in [-0.2, 0) is 12.7 Å². The van der Waals surface area contributed by atoms with E-state index in [0.717, 1.165) is 11.6 Å². The Morgan fingerprint density at radius 3 is 2.69 bits per heavy atom. The van der Waals surface area contributed by atoms with E-state index in [0.29, 0.717) is 25.4 Å². The van der Waals surface area contributed by atoms with Crippen LogP contribution in [0.5, 0.6) is 5.75 Å². The van der Waals surface area contributed by atoms with Crippen LogP contribution in [0.15, 0.2) is 36.7 Å². The molecule has 1 aromatic carbocycles. The Balaban J connectivity index is 1.65. The smallest absolute Gasteiger partial charge is 0.409 e. The van der Waals surface area contributed by atoms with Gasteiger partial charge in [-0.3, -0.25) is 9.88 Å². The molecule has 1 atom stereocenters. The molecular formula is C20H21ClF3N3O2. The molecule has 3 rings (SSSR count). The maximum Gasteiger partial charge on any atom is 0.416 e. The molecule has 156 valence electrons. The van der Waals surface area contributed by atoms with Gasteiger partial charge in [0, 0.05) is 43.4 Å². The van der Waals surface area contributed by atoms with Crippen molar-refractivity contribution in [3.8, 4) is 5.75 Å². The van der Waals surface area contributed by atoms with Gasteiger partial charge in [0.1, 0.15) is 0 Å². The number of ether oxygens (including phenoxy) is 1. The summed E-state index contributed by atoms with van der Waals surface area (Å²) in [5.41, 5.74) is 0.303. The summed E-state index contributed by atoms with van der Waals surface area (Å²) in [4.78, 5) is 19.9. The minimum Gasteiger partial charge on any atom is -0.409 e. The summed E-state index contributed by atoms with van der Waals surface area (Å²) in [6.45, 7) is 4.98. The van der Waals surface area contributed by atoms with E-state index in [9.17, 15) is 18.0 Å². The number of alkyl halides is 3. The predicted octanol–water partition coefficient (Wildman–Crippen LogP) is 4.77. The highest BCUT2D eigenvalue weighted by Crippen LogP contribution is 2.34. The van der Waals surface area contributed by atoms with Crippen LogP contribution in [0.3, 0.4) is 0 Å². The summed E-state index contributed by atoms with van der Waals surface area (Å²) >= 11 is 5.91. The van der Waals surface area contributed by atoms with Crippen LogP contribution in [0, 0.1) is 6.92 Å². The molecule has 0 spiro atoms. The normalized spacial score (nSPS) is 18.0. The summed E-state index contributed by atoms with van der Waals surface area (Å²) in [5.74, 6) is 0.360. The molecule has 0 N–H and O–H groups in total. The second kappa shape index (κ2) is 8.59. The number of piperazine rings is 1. The second-order valence-electron chi connectivity index (χ2n) is 7.14. The van der Waals surface area contributed by atoms with Crippen molar-refractivity contribution in [1.29, 1.82) is 0 Å². The molecule has 0 unspecified atom stereocenters. The fraction of sp³-hybridized carbons (Fsp3) is 0.400. The first kappa shape index (κ1) is 21.4. The van der Waals surface area contributed by atoms with Crippen molar-refractivity contribution in [3.05, 3.63) is 58.4 Å². The zero-order valence-corrected chi connectivity index (χ0v) is 16.8. The van der Waals surface area contributed by atoms with Crippen LogP contribution >= 0.6 is 11.6 Å². The van der Waals surface area contributed by atoms with Gasteiger partial charge in [0.05, 0.1) is 11.8 Å². The number of rotatable bonds is 3. The molecule has 0 bridgehead atoms. The summed E-state index contributed by atoms with van der Waals surface area (Å²) in [6, 6.07) is 5.08. The largest absolute Gasteiger partial charge is 0.416 e. The van der Waals surface area contributed by atoms with Crippen LogP contribution in [0.4, 0.5) is 18.0 Å². The number of carbonyl (C=O) groups excluding carboxylic acids is 1. The van der Waals surface area contributed by atoms with Crippen LogP contribution in [0.1, 0.15) is 23.6 Å². The standard InChI is InChI=1S/C20H21ClF3N3O2/c1-13-7-17(10-25-9-13)29-19(28)27-6-5-26(11-14(27)2)12-15-8-16(21)3-4-18(15)20(22,23)24/h3-4,7-10,14H,5-6,11-12H2,1-2H3/t14-/m1/s1. The lowest BCUT2D eigenvalue weighted by atomic mass is 10.1. The molecule has 2 aromatic rings. The highest BCUT2D eigenvalue weighted by molar-refractivity contribution is 6.30. The second-order valence-corrected chi connectivity index (χ2v) is 7.58. The molecule has 1 aliphatic heterocycles. The molecule has 5 nitrogen and oxygen atoms in total. The summed E-state index contributed by atoms with van der Waals surface area (Å²) < 4.78 is 45.2. The number of pyridine rings is 1. The molecule has 1 aromatic heterocycles. The molecule has 9 heteroatoms. The number of benzene rings is 1. The number of aryl methyl sites for hydroxylation is 1. The van der Waals surface area contributed by atoms with E-state index < -0.39 is 17.8 Å². The molecule has 29 heavy (non-hydrogen) atoms. The van der Waals surface area contributed by atoms with Gasteiger partial charge in [-0.2, -0.15) is 13.2 Å². The Morgan fingerprint density at radius 1 is 1.28 bits per heavy atom. The summed E-state index contributed by atoms with van der Waals surface area (Å²) in [5, 5.41) is 0.259. The fourth-order valence-electron chi connectivity index (χ4n) is 3.40. The maximum atomic E-state index is 13.3. The molecule has 1 aliphatic rings. The van der Waals surface area contributed by atoms with E-state index in [4.69, 9.17) is 16.3 Å². The van der Waals surface area contributed by atoms with Crippen LogP contribution in [0.25, 0.3) is 0 Å². The molecule has 1 amide bonds. The van der Waals surface area contributed by atoms with Gasteiger partial charge in [0.15, 0.2) is 5.75 Å². The van der Waals surface area contributed by atoms with Crippen molar-refractivity contribution in [1.82, 2.24) is 14.8 Å². The van der Waals surface area contributed by atoms with Crippen LogP contribution < -0.4 is 4.74 Å². The topological polar surface area (TPSA) is 45.7 Å². The van der Waals surface area contributed by atoms with E-state index >= 15 is 0 Å². The summed E-state index contributed by atoms with van der Waals surface area (Å²) in [6.07, 6.45) is -1.82. The molecular weight excluding hydrogens is 407 g/mol. The van der Waals surface area contributed by atoms with Crippen molar-refractivity contribution >= 4 is 17.7 Å². The van der Waals surface area contributed by atoms with Crippen molar-refractivity contribution < 1.29 is 22.7 Å². The van der Waals surface area contributed by atoms with Crippen LogP contribution in [-0.4, -0.2) is 46.6 Å². The Bertz CT molecular complexity index is 892. The number of nitrogens with zero attached hydrogens (tertiary/aromatic N) is 3. The third-order valence-corrected chi connectivity index (χ3v) is 5.00. The number of halogens is 4. The Morgan fingerprint density at radius 2 is 2.03 bits per heavy atom. The molecule has 1 saturated heterocycles. The number of aromatic nitrogens is 1. The first-order valence-corrected chi connectivity index (χ1v) is 9.49. The fourth-order valence-corrected chi connectivity index (χ4v) is 3.60. The van der Waals surface area contributed by atoms with Gasteiger partial charge in [-0.15, -0.1) is 0 Å². The average Bonchev–Trinajstić information content (AvgIpc) is 2.60. The lowest BCUT2D eigenvalue weighted by molar-refractivity contribution is -0.138. The predicted molar refractivity (Wildman–Crippen MR) is 103 cm³/mol. The van der Waals surface area contributed by atoms with Gasteiger partial charge >= 0.3 is 12.3 Å². The lowest BCUT2D eigenvalue weighted by Gasteiger charge is -2.39. The lowest BCUT2D eigenvalue weighted by Crippen LogP contribution is -2.54. The third kappa shape index (κ3) is 5.39. The van der Waals surface area contributed by atoms with E-state index in [1.165, 1.54) is 18.3 Å². The minimum atomic E-state index is -4.45. The Labute approximate surface area is 172 Å². The van der Waals surface area contributed by atoms with Crippen molar-refractivity contribution in [2.45, 2.75) is 32.6 Å². The SMILES string of the molecule is Cc1cncc(OC(=O)N2CCN(Cc3cc(Cl)ccc3C(F)(F)F)C[C@H]2C)c1. The van der Waals surface area contributed by atoms with Crippen LogP contribution in [0.2, 0.25) is 5.02 Å². The average molecular weight is 428 g/mol. The minimum absolute atomic E-state index is 0.102. The van der Waals surface area contributed by atoms with Gasteiger partial charge < -0.3 is 9.64 Å². The monoisotopic (exact) mass is 427 g/mol. The third-order valence-electron chi connectivity index (χ3n) is 4.77. The first-order chi connectivity index (χ1) is 13.6. The molecule has 0 radical (unpaired) electrons. The van der Waals surface area contributed by atoms with Gasteiger partial charge in [0.2, 0.25) is 0 Å². The highest BCUT2D eigenvalue weighted by Gasteiger charge is 2.35. The van der Waals surface area contributed by atoms with Crippen molar-refractivity contribution in [2.24, 2.45) is 0 Å². The number of hydrogen-bond acceptors (Lipinski definition) is 4. The van der Waals surface area contributed by atoms with E-state index in [1.807, 2.05) is 18.7 Å². The number of hydrogen-bond donors (Lipinski definition) is 0. The van der Waals surface area contributed by atoms with Gasteiger partial charge in [-0.1, -0.05) is 11.6 Å². The molecule has 2 heterocycles. The van der Waals surface area contributed by atoms with Gasteiger partial charge in [-0.05, 0) is 49.2 Å². The molecule has 1 fully saturated rings. The number of carbonyl (C=O) groups is 1. The quantitative estimate of drug-likeness (QED) is 0.708. The highest BCUT2D eigenvalue weighted by atomic mass is 35.5. The van der Waals surface area contributed by atoms with Crippen molar-refractivity contribution in [3.63, 3.8) is 0 Å². The zero-order valence-electron chi connectivity index (χ0n) is 16.0. The van der Waals surface area contributed by atoms with Gasteiger partial charge in [-0.25, -0.2) is 4.79 Å². The Kier molecular flexibility index (Phi) is 6.33. The maximum absolute atomic E-state index is 13.3. The summed E-state index contributed by atoms with van der Waals surface area (Å²) in [7, 11) is 0. The van der Waals surface area contributed by atoms with Crippen molar-refractivity contribution in [2.75, 3.05) is 19.6 Å². The van der Waals surface area contributed by atoms with Gasteiger partial charge in [0.25, 0.3) is 0 Å². The van der Waals surface area contributed by atoms with E-state index in [1.54, 1.807) is 17.2 Å². The number of amides is 1. The first-order valence-electron chi connectivity index (χ1n) is 9.11.